The maximum atomic E-state index is 14.0. The van der Waals surface area contributed by atoms with E-state index in [4.69, 9.17) is 17.3 Å². The van der Waals surface area contributed by atoms with Crippen molar-refractivity contribution in [1.82, 2.24) is 14.5 Å². The van der Waals surface area contributed by atoms with E-state index >= 15 is 0 Å². The second kappa shape index (κ2) is 7.25. The molecule has 2 unspecified atom stereocenters. The SMILES string of the molecule is CC(c1ccc(Cl)cn1)n1c(N2CCC(F)[C@H](N)C2)nc2cc(F)c(F)cc21. The molecule has 0 radical (unpaired) electrons. The van der Waals surface area contributed by atoms with E-state index in [1.165, 1.54) is 6.20 Å². The van der Waals surface area contributed by atoms with Crippen molar-refractivity contribution >= 4 is 28.6 Å². The Kier molecular flexibility index (Phi) is 4.93. The Morgan fingerprint density at radius 3 is 2.68 bits per heavy atom. The molecule has 0 amide bonds. The van der Waals surface area contributed by atoms with Crippen molar-refractivity contribution in [2.75, 3.05) is 18.0 Å². The van der Waals surface area contributed by atoms with Gasteiger partial charge in [0.2, 0.25) is 5.95 Å². The van der Waals surface area contributed by atoms with Crippen LogP contribution < -0.4 is 10.6 Å². The Morgan fingerprint density at radius 1 is 1.25 bits per heavy atom. The molecule has 0 spiro atoms. The smallest absolute Gasteiger partial charge is 0.207 e. The number of alkyl halides is 1. The summed E-state index contributed by atoms with van der Waals surface area (Å²) in [5, 5.41) is 0.496. The van der Waals surface area contributed by atoms with Crippen LogP contribution >= 0.6 is 11.6 Å². The number of imidazole rings is 1. The van der Waals surface area contributed by atoms with Crippen molar-refractivity contribution in [2.45, 2.75) is 31.6 Å². The quantitative estimate of drug-likeness (QED) is 0.713. The summed E-state index contributed by atoms with van der Waals surface area (Å²) in [4.78, 5) is 10.7. The van der Waals surface area contributed by atoms with Gasteiger partial charge in [0.15, 0.2) is 11.6 Å². The van der Waals surface area contributed by atoms with Gasteiger partial charge in [-0.05, 0) is 25.5 Å². The number of rotatable bonds is 3. The molecule has 2 N–H and O–H groups in total. The maximum Gasteiger partial charge on any atom is 0.207 e. The van der Waals surface area contributed by atoms with Gasteiger partial charge in [0.25, 0.3) is 0 Å². The Balaban J connectivity index is 1.86. The van der Waals surface area contributed by atoms with Crippen LogP contribution in [0.15, 0.2) is 30.5 Å². The second-order valence-corrected chi connectivity index (χ2v) is 7.47. The van der Waals surface area contributed by atoms with Gasteiger partial charge in [0.1, 0.15) is 6.17 Å². The zero-order valence-corrected chi connectivity index (χ0v) is 15.9. The summed E-state index contributed by atoms with van der Waals surface area (Å²) in [6, 6.07) is 4.66. The molecule has 148 valence electrons. The minimum absolute atomic E-state index is 0.260. The van der Waals surface area contributed by atoms with Crippen LogP contribution in [0.2, 0.25) is 5.02 Å². The van der Waals surface area contributed by atoms with Crippen LogP contribution in [0.1, 0.15) is 25.1 Å². The number of nitrogens with two attached hydrogens (primary N) is 1. The molecule has 1 saturated heterocycles. The Labute approximate surface area is 164 Å². The lowest BCUT2D eigenvalue weighted by Gasteiger charge is -2.34. The molecule has 3 heterocycles. The summed E-state index contributed by atoms with van der Waals surface area (Å²) < 4.78 is 43.4. The molecule has 1 fully saturated rings. The number of aromatic nitrogens is 3. The molecular weight excluding hydrogens is 391 g/mol. The van der Waals surface area contributed by atoms with Gasteiger partial charge in [-0.15, -0.1) is 0 Å². The first-order valence-corrected chi connectivity index (χ1v) is 9.36. The highest BCUT2D eigenvalue weighted by Gasteiger charge is 2.31. The third-order valence-electron chi connectivity index (χ3n) is 5.13. The topological polar surface area (TPSA) is 60.0 Å². The van der Waals surface area contributed by atoms with Crippen molar-refractivity contribution < 1.29 is 13.2 Å². The standard InChI is InChI=1S/C19H19ClF3N5/c1-10(16-3-2-11(20)8-25-16)28-18-7-14(23)13(22)6-17(18)26-19(28)27-5-4-12(21)15(24)9-27/h2-3,6-8,10,12,15H,4-5,9,24H2,1H3/t10?,12?,15-/m1/s1. The molecular formula is C19H19ClF3N5. The highest BCUT2D eigenvalue weighted by molar-refractivity contribution is 6.30. The molecule has 0 saturated carbocycles. The summed E-state index contributed by atoms with van der Waals surface area (Å²) in [5.74, 6) is -1.46. The fourth-order valence-electron chi connectivity index (χ4n) is 3.58. The normalized spacial score (nSPS) is 21.3. The third-order valence-corrected chi connectivity index (χ3v) is 5.36. The van der Waals surface area contributed by atoms with Crippen molar-refractivity contribution in [3.63, 3.8) is 0 Å². The zero-order valence-electron chi connectivity index (χ0n) is 15.1. The molecule has 3 aromatic rings. The monoisotopic (exact) mass is 409 g/mol. The number of nitrogens with zero attached hydrogens (tertiary/aromatic N) is 4. The molecule has 5 nitrogen and oxygen atoms in total. The average molecular weight is 410 g/mol. The molecule has 9 heteroatoms. The summed E-state index contributed by atoms with van der Waals surface area (Å²) >= 11 is 5.93. The first-order valence-electron chi connectivity index (χ1n) is 8.98. The summed E-state index contributed by atoms with van der Waals surface area (Å²) in [5.41, 5.74) is 7.32. The van der Waals surface area contributed by atoms with Gasteiger partial charge in [-0.25, -0.2) is 18.2 Å². The van der Waals surface area contributed by atoms with Gasteiger partial charge < -0.3 is 15.2 Å². The van der Waals surface area contributed by atoms with Crippen molar-refractivity contribution in [1.29, 1.82) is 0 Å². The number of halogens is 4. The number of fused-ring (bicyclic) bond motifs is 1. The average Bonchev–Trinajstić information content (AvgIpc) is 3.02. The van der Waals surface area contributed by atoms with Gasteiger partial charge in [-0.3, -0.25) is 4.98 Å². The molecule has 1 aliphatic rings. The molecule has 0 aliphatic carbocycles. The summed E-state index contributed by atoms with van der Waals surface area (Å²) in [7, 11) is 0. The largest absolute Gasteiger partial charge is 0.340 e. The summed E-state index contributed by atoms with van der Waals surface area (Å²) in [6.45, 7) is 2.55. The van der Waals surface area contributed by atoms with E-state index in [-0.39, 0.29) is 19.0 Å². The van der Waals surface area contributed by atoms with Gasteiger partial charge in [0, 0.05) is 31.4 Å². The lowest BCUT2D eigenvalue weighted by Crippen LogP contribution is -2.50. The van der Waals surface area contributed by atoms with Crippen molar-refractivity contribution in [3.05, 3.63) is 52.8 Å². The minimum atomic E-state index is -1.08. The maximum absolute atomic E-state index is 14.0. The molecule has 1 aliphatic heterocycles. The van der Waals surface area contributed by atoms with E-state index in [0.717, 1.165) is 12.1 Å². The van der Waals surface area contributed by atoms with Gasteiger partial charge in [0.05, 0.1) is 33.8 Å². The van der Waals surface area contributed by atoms with Crippen LogP contribution in [0.25, 0.3) is 11.0 Å². The van der Waals surface area contributed by atoms with Crippen molar-refractivity contribution in [3.8, 4) is 0 Å². The van der Waals surface area contributed by atoms with E-state index < -0.39 is 23.8 Å². The van der Waals surface area contributed by atoms with Crippen LogP contribution in [0, 0.1) is 11.6 Å². The van der Waals surface area contributed by atoms with Crippen LogP contribution in [0.3, 0.4) is 0 Å². The van der Waals surface area contributed by atoms with Crippen LogP contribution in [0.5, 0.6) is 0 Å². The number of piperidine rings is 1. The van der Waals surface area contributed by atoms with E-state index in [2.05, 4.69) is 9.97 Å². The number of hydrogen-bond acceptors (Lipinski definition) is 4. The Hall–Kier alpha value is -2.32. The predicted molar refractivity (Wildman–Crippen MR) is 102 cm³/mol. The first kappa shape index (κ1) is 19.0. The van der Waals surface area contributed by atoms with Crippen LogP contribution in [-0.2, 0) is 0 Å². The Morgan fingerprint density at radius 2 is 2.00 bits per heavy atom. The van der Waals surface area contributed by atoms with Crippen molar-refractivity contribution in [2.24, 2.45) is 5.73 Å². The molecule has 2 aromatic heterocycles. The molecule has 28 heavy (non-hydrogen) atoms. The zero-order chi connectivity index (χ0) is 20.0. The van der Waals surface area contributed by atoms with Gasteiger partial charge in [-0.2, -0.15) is 0 Å². The van der Waals surface area contributed by atoms with E-state index in [1.54, 1.807) is 16.7 Å². The second-order valence-electron chi connectivity index (χ2n) is 7.03. The van der Waals surface area contributed by atoms with E-state index in [1.807, 2.05) is 11.8 Å². The number of benzene rings is 1. The first-order chi connectivity index (χ1) is 13.3. The minimum Gasteiger partial charge on any atom is -0.340 e. The third kappa shape index (κ3) is 3.31. The fraction of sp³-hybridized carbons (Fsp3) is 0.368. The molecule has 0 bridgehead atoms. The number of anilines is 1. The lowest BCUT2D eigenvalue weighted by atomic mass is 10.1. The summed E-state index contributed by atoms with van der Waals surface area (Å²) in [6.07, 6.45) is 0.705. The molecule has 3 atom stereocenters. The lowest BCUT2D eigenvalue weighted by molar-refractivity contribution is 0.243. The van der Waals surface area contributed by atoms with Crippen LogP contribution in [0.4, 0.5) is 19.1 Å². The molecule has 4 rings (SSSR count). The predicted octanol–water partition coefficient (Wildman–Crippen LogP) is 3.85. The van der Waals surface area contributed by atoms with Crippen LogP contribution in [-0.4, -0.2) is 39.8 Å². The van der Waals surface area contributed by atoms with E-state index in [9.17, 15) is 13.2 Å². The fourth-order valence-corrected chi connectivity index (χ4v) is 3.70. The highest BCUT2D eigenvalue weighted by Crippen LogP contribution is 2.32. The van der Waals surface area contributed by atoms with Gasteiger partial charge >= 0.3 is 0 Å². The molecule has 1 aromatic carbocycles. The van der Waals surface area contributed by atoms with E-state index in [0.29, 0.717) is 34.2 Å². The number of pyridine rings is 1. The highest BCUT2D eigenvalue weighted by atomic mass is 35.5. The van der Waals surface area contributed by atoms with Gasteiger partial charge in [-0.1, -0.05) is 11.6 Å². The number of hydrogen-bond donors (Lipinski definition) is 1. The Bertz CT molecular complexity index is 1010.